The van der Waals surface area contributed by atoms with Crippen molar-refractivity contribution >= 4 is 16.9 Å². The smallest absolute Gasteiger partial charge is 0.191 e. The number of benzene rings is 1. The number of nitrogens with one attached hydrogen (secondary N) is 3. The zero-order chi connectivity index (χ0) is 18.2. The number of para-hydroxylation sites is 1. The molecule has 0 atom stereocenters. The van der Waals surface area contributed by atoms with E-state index in [1.165, 1.54) is 22.2 Å². The van der Waals surface area contributed by atoms with Crippen molar-refractivity contribution in [1.29, 1.82) is 0 Å². The number of fused-ring (bicyclic) bond motifs is 1. The van der Waals surface area contributed by atoms with Crippen molar-refractivity contribution in [2.45, 2.75) is 33.2 Å². The van der Waals surface area contributed by atoms with E-state index in [0.29, 0.717) is 0 Å². The molecule has 2 aromatic heterocycles. The first kappa shape index (κ1) is 18.0. The molecule has 26 heavy (non-hydrogen) atoms. The molecule has 3 rings (SSSR count). The van der Waals surface area contributed by atoms with Crippen LogP contribution in [0.4, 0.5) is 0 Å². The number of rotatable bonds is 8. The number of aromatic nitrogens is 3. The third-order valence-corrected chi connectivity index (χ3v) is 4.41. The van der Waals surface area contributed by atoms with Crippen LogP contribution in [0.5, 0.6) is 0 Å². The summed E-state index contributed by atoms with van der Waals surface area (Å²) in [6.45, 7) is 7.62. The number of hydrogen-bond acceptors (Lipinski definition) is 2. The van der Waals surface area contributed by atoms with E-state index in [9.17, 15) is 0 Å². The molecule has 6 heteroatoms. The van der Waals surface area contributed by atoms with Crippen LogP contribution in [0.25, 0.3) is 10.9 Å². The van der Waals surface area contributed by atoms with Crippen LogP contribution in [0.15, 0.2) is 47.7 Å². The van der Waals surface area contributed by atoms with Crippen molar-refractivity contribution in [3.05, 3.63) is 54.0 Å². The van der Waals surface area contributed by atoms with Gasteiger partial charge >= 0.3 is 0 Å². The van der Waals surface area contributed by atoms with Crippen LogP contribution >= 0.6 is 0 Å². The zero-order valence-corrected chi connectivity index (χ0v) is 15.6. The van der Waals surface area contributed by atoms with Crippen LogP contribution < -0.4 is 10.6 Å². The number of aliphatic imine (C=N–C) groups is 1. The van der Waals surface area contributed by atoms with Crippen molar-refractivity contribution in [1.82, 2.24) is 25.4 Å². The minimum atomic E-state index is 0.779. The first-order chi connectivity index (χ1) is 12.8. The van der Waals surface area contributed by atoms with Gasteiger partial charge in [-0.15, -0.1) is 0 Å². The molecule has 0 saturated carbocycles. The second kappa shape index (κ2) is 9.08. The Morgan fingerprint density at radius 3 is 2.92 bits per heavy atom. The minimum Gasteiger partial charge on any atom is -0.358 e. The number of nitrogens with zero attached hydrogens (tertiary/aromatic N) is 3. The van der Waals surface area contributed by atoms with E-state index >= 15 is 0 Å². The lowest BCUT2D eigenvalue weighted by molar-refractivity contribution is 0.584. The molecular formula is C20H28N6. The first-order valence-corrected chi connectivity index (χ1v) is 9.33. The van der Waals surface area contributed by atoms with Crippen LogP contribution in [-0.4, -0.2) is 40.4 Å². The van der Waals surface area contributed by atoms with Crippen LogP contribution in [0.1, 0.15) is 24.6 Å². The van der Waals surface area contributed by atoms with Crippen molar-refractivity contribution < 1.29 is 0 Å². The van der Waals surface area contributed by atoms with Crippen molar-refractivity contribution in [2.24, 2.45) is 4.99 Å². The SMILES string of the molecule is CCNC(=NCCCn1cccn1)NCCc1c(C)[nH]c2ccccc12. The maximum Gasteiger partial charge on any atom is 0.191 e. The number of H-pyrrole nitrogens is 1. The predicted molar refractivity (Wildman–Crippen MR) is 108 cm³/mol. The molecule has 2 heterocycles. The highest BCUT2D eigenvalue weighted by Crippen LogP contribution is 2.21. The molecule has 0 radical (unpaired) electrons. The first-order valence-electron chi connectivity index (χ1n) is 9.33. The Morgan fingerprint density at radius 2 is 2.12 bits per heavy atom. The second-order valence-electron chi connectivity index (χ2n) is 6.33. The van der Waals surface area contributed by atoms with E-state index < -0.39 is 0 Å². The van der Waals surface area contributed by atoms with Crippen molar-refractivity contribution in [3.8, 4) is 0 Å². The van der Waals surface area contributed by atoms with Gasteiger partial charge in [-0.25, -0.2) is 0 Å². The molecule has 0 aliphatic rings. The lowest BCUT2D eigenvalue weighted by atomic mass is 10.1. The van der Waals surface area contributed by atoms with E-state index in [0.717, 1.165) is 45.0 Å². The monoisotopic (exact) mass is 352 g/mol. The summed E-state index contributed by atoms with van der Waals surface area (Å²) < 4.78 is 1.94. The quantitative estimate of drug-likeness (QED) is 0.332. The van der Waals surface area contributed by atoms with Gasteiger partial charge in [0, 0.05) is 55.2 Å². The van der Waals surface area contributed by atoms with Gasteiger partial charge in [0.05, 0.1) is 0 Å². The van der Waals surface area contributed by atoms with Crippen LogP contribution in [0.3, 0.4) is 0 Å². The van der Waals surface area contributed by atoms with Crippen LogP contribution in [-0.2, 0) is 13.0 Å². The molecule has 0 amide bonds. The van der Waals surface area contributed by atoms with Gasteiger partial charge in [0.25, 0.3) is 0 Å². The molecule has 0 fully saturated rings. The average molecular weight is 352 g/mol. The summed E-state index contributed by atoms with van der Waals surface area (Å²) in [6, 6.07) is 10.4. The molecule has 138 valence electrons. The molecule has 0 aliphatic heterocycles. The van der Waals surface area contributed by atoms with Crippen LogP contribution in [0, 0.1) is 6.92 Å². The Labute approximate surface area is 154 Å². The molecule has 3 N–H and O–H groups in total. The maximum atomic E-state index is 4.66. The summed E-state index contributed by atoms with van der Waals surface area (Å²) in [4.78, 5) is 8.13. The van der Waals surface area contributed by atoms with Gasteiger partial charge in [0.15, 0.2) is 5.96 Å². The number of aryl methyl sites for hydroxylation is 2. The Morgan fingerprint density at radius 1 is 1.23 bits per heavy atom. The third-order valence-electron chi connectivity index (χ3n) is 4.41. The summed E-state index contributed by atoms with van der Waals surface area (Å²) in [7, 11) is 0. The lowest BCUT2D eigenvalue weighted by Crippen LogP contribution is -2.38. The highest BCUT2D eigenvalue weighted by atomic mass is 15.3. The van der Waals surface area contributed by atoms with Crippen molar-refractivity contribution in [2.75, 3.05) is 19.6 Å². The fourth-order valence-electron chi connectivity index (χ4n) is 3.16. The van der Waals surface area contributed by atoms with Gasteiger partial charge in [-0.2, -0.15) is 5.10 Å². The van der Waals surface area contributed by atoms with Gasteiger partial charge in [0.2, 0.25) is 0 Å². The molecule has 6 nitrogen and oxygen atoms in total. The molecular weight excluding hydrogens is 324 g/mol. The molecule has 1 aromatic carbocycles. The van der Waals surface area contributed by atoms with Gasteiger partial charge in [0.1, 0.15) is 0 Å². The summed E-state index contributed by atoms with van der Waals surface area (Å²) in [5.74, 6) is 0.880. The third kappa shape index (κ3) is 4.65. The number of guanidine groups is 1. The Bertz CT molecular complexity index is 831. The largest absolute Gasteiger partial charge is 0.358 e. The predicted octanol–water partition coefficient (Wildman–Crippen LogP) is 2.86. The fraction of sp³-hybridized carbons (Fsp3) is 0.400. The molecule has 3 aromatic rings. The second-order valence-corrected chi connectivity index (χ2v) is 6.33. The van der Waals surface area contributed by atoms with Crippen molar-refractivity contribution in [3.63, 3.8) is 0 Å². The molecule has 0 unspecified atom stereocenters. The molecule has 0 aliphatic carbocycles. The normalized spacial score (nSPS) is 11.8. The van der Waals surface area contributed by atoms with E-state index in [4.69, 9.17) is 0 Å². The highest BCUT2D eigenvalue weighted by molar-refractivity contribution is 5.84. The summed E-state index contributed by atoms with van der Waals surface area (Å²) in [5.41, 5.74) is 3.83. The van der Waals surface area contributed by atoms with Gasteiger partial charge in [-0.1, -0.05) is 18.2 Å². The number of hydrogen-bond donors (Lipinski definition) is 3. The molecule has 0 bridgehead atoms. The van der Waals surface area contributed by atoms with Gasteiger partial charge in [-0.05, 0) is 44.4 Å². The maximum absolute atomic E-state index is 4.66. The van der Waals surface area contributed by atoms with E-state index in [1.54, 1.807) is 0 Å². The lowest BCUT2D eigenvalue weighted by Gasteiger charge is -2.11. The summed E-state index contributed by atoms with van der Waals surface area (Å²) in [5, 5.41) is 12.3. The van der Waals surface area contributed by atoms with Gasteiger partial charge < -0.3 is 15.6 Å². The van der Waals surface area contributed by atoms with E-state index in [1.807, 2.05) is 23.1 Å². The summed E-state index contributed by atoms with van der Waals surface area (Å²) >= 11 is 0. The minimum absolute atomic E-state index is 0.779. The Balaban J connectivity index is 1.51. The summed E-state index contributed by atoms with van der Waals surface area (Å²) in [6.07, 6.45) is 5.73. The molecule has 0 saturated heterocycles. The molecule has 0 spiro atoms. The average Bonchev–Trinajstić information content (AvgIpc) is 3.26. The van der Waals surface area contributed by atoms with Gasteiger partial charge in [-0.3, -0.25) is 9.67 Å². The van der Waals surface area contributed by atoms with E-state index in [-0.39, 0.29) is 0 Å². The standard InChI is InChI=1S/C20H28N6/c1-3-21-20(22-11-6-14-26-15-7-12-24-26)23-13-10-17-16(2)25-19-9-5-4-8-18(17)19/h4-5,7-9,12,15,25H,3,6,10-11,13-14H2,1-2H3,(H2,21,22,23). The topological polar surface area (TPSA) is 70.0 Å². The fourth-order valence-corrected chi connectivity index (χ4v) is 3.16. The Hall–Kier alpha value is -2.76. The van der Waals surface area contributed by atoms with Crippen LogP contribution in [0.2, 0.25) is 0 Å². The zero-order valence-electron chi connectivity index (χ0n) is 15.6. The Kier molecular flexibility index (Phi) is 6.30. The number of aromatic amines is 1. The van der Waals surface area contributed by atoms with E-state index in [2.05, 4.69) is 63.8 Å². The highest BCUT2D eigenvalue weighted by Gasteiger charge is 2.07.